The van der Waals surface area contributed by atoms with Gasteiger partial charge in [0.15, 0.2) is 0 Å². The molecule has 4 N–H and O–H groups in total. The summed E-state index contributed by atoms with van der Waals surface area (Å²) in [6, 6.07) is 4.63. The number of primary amides is 2. The molecular formula is C17H14Cl2N4O8. The number of hydrogen-bond donors (Lipinski definition) is 2. The second-order valence-electron chi connectivity index (χ2n) is 5.84. The Kier molecular flexibility index (Phi) is 7.56. The average molecular weight is 473 g/mol. The fraction of sp³-hybridized carbons (Fsp3) is 0.176. The van der Waals surface area contributed by atoms with Crippen LogP contribution < -0.4 is 20.9 Å². The molecule has 2 amide bonds. The summed E-state index contributed by atoms with van der Waals surface area (Å²) in [6.45, 7) is -0.441. The summed E-state index contributed by atoms with van der Waals surface area (Å²) in [4.78, 5) is 44.0. The van der Waals surface area contributed by atoms with Crippen molar-refractivity contribution >= 4 is 46.4 Å². The molecule has 0 aliphatic rings. The Morgan fingerprint density at radius 1 is 0.806 bits per heavy atom. The minimum absolute atomic E-state index is 0.0315. The predicted molar refractivity (Wildman–Crippen MR) is 109 cm³/mol. The van der Waals surface area contributed by atoms with Gasteiger partial charge in [0.25, 0.3) is 11.8 Å². The summed E-state index contributed by atoms with van der Waals surface area (Å²) in [5.74, 6) is -2.77. The Bertz CT molecular complexity index is 993. The Labute approximate surface area is 183 Å². The monoisotopic (exact) mass is 472 g/mol. The fourth-order valence-corrected chi connectivity index (χ4v) is 2.96. The molecule has 0 radical (unpaired) electrons. The number of nitrogens with zero attached hydrogens (tertiary/aromatic N) is 2. The van der Waals surface area contributed by atoms with Gasteiger partial charge < -0.3 is 20.9 Å². The highest BCUT2D eigenvalue weighted by molar-refractivity contribution is 6.33. The van der Waals surface area contributed by atoms with E-state index in [-0.39, 0.29) is 40.8 Å². The predicted octanol–water partition coefficient (Wildman–Crippen LogP) is 2.86. The Morgan fingerprint density at radius 3 is 1.45 bits per heavy atom. The molecule has 2 aromatic rings. The SMILES string of the molecule is NC(=O)c1ccc(Cl)c([N+](=O)[O-])c1OCCCOc1c(C(N)=O)ccc(Cl)c1[N+](=O)[O-]. The molecule has 0 heterocycles. The van der Waals surface area contributed by atoms with Crippen molar-refractivity contribution in [2.45, 2.75) is 6.42 Å². The van der Waals surface area contributed by atoms with Crippen LogP contribution in [0.15, 0.2) is 24.3 Å². The first-order valence-corrected chi connectivity index (χ1v) is 9.10. The van der Waals surface area contributed by atoms with Gasteiger partial charge in [-0.15, -0.1) is 0 Å². The van der Waals surface area contributed by atoms with Gasteiger partial charge in [0.2, 0.25) is 11.5 Å². The maximum absolute atomic E-state index is 11.5. The largest absolute Gasteiger partial charge is 0.486 e. The van der Waals surface area contributed by atoms with Crippen LogP contribution in [0.4, 0.5) is 11.4 Å². The lowest BCUT2D eigenvalue weighted by Gasteiger charge is -2.13. The molecule has 0 atom stereocenters. The van der Waals surface area contributed by atoms with Gasteiger partial charge in [-0.1, -0.05) is 23.2 Å². The van der Waals surface area contributed by atoms with Crippen LogP contribution in [-0.2, 0) is 0 Å². The number of halogens is 2. The van der Waals surface area contributed by atoms with Crippen LogP contribution in [0, 0.1) is 20.2 Å². The molecule has 0 fully saturated rings. The van der Waals surface area contributed by atoms with Crippen molar-refractivity contribution in [2.24, 2.45) is 11.5 Å². The minimum Gasteiger partial charge on any atom is -0.486 e. The van der Waals surface area contributed by atoms with E-state index in [4.69, 9.17) is 44.1 Å². The molecule has 2 aromatic carbocycles. The molecule has 164 valence electrons. The number of carbonyl (C=O) groups is 2. The molecule has 0 bridgehead atoms. The molecule has 14 heteroatoms. The van der Waals surface area contributed by atoms with E-state index < -0.39 is 44.5 Å². The van der Waals surface area contributed by atoms with Crippen LogP contribution in [0.2, 0.25) is 10.0 Å². The Hall–Kier alpha value is -3.64. The second-order valence-corrected chi connectivity index (χ2v) is 6.65. The highest BCUT2D eigenvalue weighted by Gasteiger charge is 2.28. The molecule has 0 aliphatic carbocycles. The van der Waals surface area contributed by atoms with Gasteiger partial charge in [-0.2, -0.15) is 0 Å². The lowest BCUT2D eigenvalue weighted by molar-refractivity contribution is -0.385. The number of benzene rings is 2. The average Bonchev–Trinajstić information content (AvgIpc) is 2.66. The number of ether oxygens (including phenoxy) is 2. The zero-order valence-electron chi connectivity index (χ0n) is 15.5. The van der Waals surface area contributed by atoms with Crippen molar-refractivity contribution < 1.29 is 28.9 Å². The van der Waals surface area contributed by atoms with E-state index >= 15 is 0 Å². The molecule has 0 aromatic heterocycles. The van der Waals surface area contributed by atoms with Crippen molar-refractivity contribution in [1.82, 2.24) is 0 Å². The highest BCUT2D eigenvalue weighted by Crippen LogP contribution is 2.39. The third-order valence-corrected chi connectivity index (χ3v) is 4.45. The maximum atomic E-state index is 11.5. The molecule has 12 nitrogen and oxygen atoms in total. The smallest absolute Gasteiger partial charge is 0.330 e. The van der Waals surface area contributed by atoms with Gasteiger partial charge in [-0.25, -0.2) is 0 Å². The van der Waals surface area contributed by atoms with Crippen LogP contribution in [0.3, 0.4) is 0 Å². The zero-order chi connectivity index (χ0) is 23.3. The van der Waals surface area contributed by atoms with Gasteiger partial charge in [0.1, 0.15) is 10.0 Å². The lowest BCUT2D eigenvalue weighted by Crippen LogP contribution is -2.16. The van der Waals surface area contributed by atoms with E-state index in [1.54, 1.807) is 0 Å². The second kappa shape index (κ2) is 9.91. The molecule has 0 aliphatic heterocycles. The van der Waals surface area contributed by atoms with Crippen molar-refractivity contribution in [3.63, 3.8) is 0 Å². The van der Waals surface area contributed by atoms with Crippen LogP contribution in [-0.4, -0.2) is 34.9 Å². The third-order valence-electron chi connectivity index (χ3n) is 3.84. The summed E-state index contributed by atoms with van der Waals surface area (Å²) in [6.07, 6.45) is 0.0315. The van der Waals surface area contributed by atoms with E-state index in [0.717, 1.165) is 12.1 Å². The van der Waals surface area contributed by atoms with Crippen LogP contribution >= 0.6 is 23.2 Å². The number of nitrogens with two attached hydrogens (primary N) is 2. The molecule has 31 heavy (non-hydrogen) atoms. The molecular weight excluding hydrogens is 459 g/mol. The van der Waals surface area contributed by atoms with Crippen LogP contribution in [0.5, 0.6) is 11.5 Å². The standard InChI is InChI=1S/C17H14Cl2N4O8/c18-10-4-2-8(16(20)24)14(12(10)22(26)27)30-6-1-7-31-15-9(17(21)25)3-5-11(19)13(15)23(28)29/h2-5H,1,6-7H2,(H2,20,24)(H2,21,25). The first-order chi connectivity index (χ1) is 14.6. The maximum Gasteiger partial charge on any atom is 0.330 e. The van der Waals surface area contributed by atoms with E-state index in [2.05, 4.69) is 0 Å². The highest BCUT2D eigenvalue weighted by atomic mass is 35.5. The molecule has 0 saturated carbocycles. The van der Waals surface area contributed by atoms with Gasteiger partial charge >= 0.3 is 11.4 Å². The molecule has 0 spiro atoms. The summed E-state index contributed by atoms with van der Waals surface area (Å²) < 4.78 is 10.7. The van der Waals surface area contributed by atoms with Crippen molar-refractivity contribution in [3.8, 4) is 11.5 Å². The van der Waals surface area contributed by atoms with E-state index in [9.17, 15) is 29.8 Å². The number of hydrogen-bond acceptors (Lipinski definition) is 8. The van der Waals surface area contributed by atoms with Gasteiger partial charge in [0.05, 0.1) is 34.2 Å². The van der Waals surface area contributed by atoms with E-state index in [0.29, 0.717) is 0 Å². The molecule has 0 saturated heterocycles. The van der Waals surface area contributed by atoms with Crippen molar-refractivity contribution in [2.75, 3.05) is 13.2 Å². The van der Waals surface area contributed by atoms with Crippen molar-refractivity contribution in [1.29, 1.82) is 0 Å². The molecule has 0 unspecified atom stereocenters. The van der Waals surface area contributed by atoms with E-state index in [1.165, 1.54) is 12.1 Å². The number of rotatable bonds is 10. The van der Waals surface area contributed by atoms with Crippen LogP contribution in [0.1, 0.15) is 27.1 Å². The third kappa shape index (κ3) is 5.29. The van der Waals surface area contributed by atoms with Crippen molar-refractivity contribution in [3.05, 3.63) is 65.7 Å². The van der Waals surface area contributed by atoms with Crippen LogP contribution in [0.25, 0.3) is 0 Å². The van der Waals surface area contributed by atoms with E-state index in [1.807, 2.05) is 0 Å². The number of nitro groups is 2. The molecule has 2 rings (SSSR count). The van der Waals surface area contributed by atoms with Gasteiger partial charge in [-0.05, 0) is 24.3 Å². The number of nitro benzene ring substituents is 2. The topological polar surface area (TPSA) is 191 Å². The summed E-state index contributed by atoms with van der Waals surface area (Å²) in [5.41, 5.74) is 8.65. The Balaban J connectivity index is 2.18. The zero-order valence-corrected chi connectivity index (χ0v) is 17.0. The summed E-state index contributed by atoms with van der Waals surface area (Å²) in [5, 5.41) is 22.0. The normalized spacial score (nSPS) is 10.4. The first-order valence-electron chi connectivity index (χ1n) is 8.35. The minimum atomic E-state index is -0.966. The first kappa shape index (κ1) is 23.6. The number of amides is 2. The lowest BCUT2D eigenvalue weighted by atomic mass is 10.1. The summed E-state index contributed by atoms with van der Waals surface area (Å²) >= 11 is 11.6. The van der Waals surface area contributed by atoms with Gasteiger partial charge in [0, 0.05) is 6.42 Å². The fourth-order valence-electron chi connectivity index (χ4n) is 2.52. The van der Waals surface area contributed by atoms with Gasteiger partial charge in [-0.3, -0.25) is 29.8 Å². The quantitative estimate of drug-likeness (QED) is 0.299. The Morgan fingerprint density at radius 2 is 1.16 bits per heavy atom. The summed E-state index contributed by atoms with van der Waals surface area (Å²) in [7, 11) is 0. The number of carbonyl (C=O) groups excluding carboxylic acids is 2.